The molecule has 2 heterocycles. The van der Waals surface area contributed by atoms with Gasteiger partial charge in [0, 0.05) is 39.4 Å². The Balaban J connectivity index is 1.01. The van der Waals surface area contributed by atoms with Crippen molar-refractivity contribution < 1.29 is 0 Å². The first-order chi connectivity index (χ1) is 29.0. The van der Waals surface area contributed by atoms with Crippen LogP contribution < -0.4 is 4.90 Å². The van der Waals surface area contributed by atoms with Crippen molar-refractivity contribution in [2.75, 3.05) is 4.90 Å². The predicted molar refractivity (Wildman–Crippen MR) is 253 cm³/mol. The SMILES string of the molecule is CCC1(CC)c2cc(-c3nc4ccccc4s3)ccc2-c2ccc(N(c3ccc4c(c3)C(CC)(CC)c3cc(-c5nc6ccccc6s5)ccc3-4)C3CCCCC3)cc21. The number of benzene rings is 6. The topological polar surface area (TPSA) is 29.0 Å². The van der Waals surface area contributed by atoms with E-state index in [1.807, 2.05) is 0 Å². The van der Waals surface area contributed by atoms with Gasteiger partial charge in [0.05, 0.1) is 20.4 Å². The predicted octanol–water partition coefficient (Wildman–Crippen LogP) is 15.9. The molecule has 0 N–H and O–H groups in total. The molecule has 294 valence electrons. The maximum atomic E-state index is 5.08. The Morgan fingerprint density at radius 2 is 0.898 bits per heavy atom. The van der Waals surface area contributed by atoms with Gasteiger partial charge in [0.15, 0.2) is 0 Å². The first-order valence-corrected chi connectivity index (χ1v) is 23.7. The average molecular weight is 806 g/mol. The van der Waals surface area contributed by atoms with Crippen molar-refractivity contribution in [3.05, 3.63) is 144 Å². The second kappa shape index (κ2) is 14.3. The number of hydrogen-bond donors (Lipinski definition) is 0. The summed E-state index contributed by atoms with van der Waals surface area (Å²) < 4.78 is 2.49. The maximum absolute atomic E-state index is 5.08. The van der Waals surface area contributed by atoms with Gasteiger partial charge in [-0.25, -0.2) is 9.97 Å². The highest BCUT2D eigenvalue weighted by Crippen LogP contribution is 2.57. The van der Waals surface area contributed by atoms with Crippen molar-refractivity contribution in [1.29, 1.82) is 0 Å². The Morgan fingerprint density at radius 3 is 1.32 bits per heavy atom. The number of hydrogen-bond acceptors (Lipinski definition) is 5. The molecule has 8 aromatic rings. The molecule has 11 rings (SSSR count). The van der Waals surface area contributed by atoms with E-state index >= 15 is 0 Å². The summed E-state index contributed by atoms with van der Waals surface area (Å²) in [5.74, 6) is 0. The average Bonchev–Trinajstić information content (AvgIpc) is 4.05. The summed E-state index contributed by atoms with van der Waals surface area (Å²) in [6, 6.07) is 46.9. The zero-order valence-electron chi connectivity index (χ0n) is 34.6. The zero-order chi connectivity index (χ0) is 39.9. The van der Waals surface area contributed by atoms with Gasteiger partial charge in [-0.2, -0.15) is 0 Å². The van der Waals surface area contributed by atoms with Crippen LogP contribution in [-0.2, 0) is 10.8 Å². The van der Waals surface area contributed by atoms with Crippen molar-refractivity contribution in [2.24, 2.45) is 0 Å². The van der Waals surface area contributed by atoms with E-state index < -0.39 is 0 Å². The van der Waals surface area contributed by atoms with Gasteiger partial charge in [-0.1, -0.05) is 108 Å². The van der Waals surface area contributed by atoms with Crippen molar-refractivity contribution in [3.8, 4) is 43.4 Å². The van der Waals surface area contributed by atoms with Gasteiger partial charge in [-0.15, -0.1) is 22.7 Å². The molecule has 0 saturated heterocycles. The summed E-state index contributed by atoms with van der Waals surface area (Å²) in [6.07, 6.45) is 10.6. The van der Waals surface area contributed by atoms with Crippen LogP contribution in [0.1, 0.15) is 108 Å². The quantitative estimate of drug-likeness (QED) is 0.145. The van der Waals surface area contributed by atoms with E-state index in [2.05, 4.69) is 154 Å². The molecular formula is C54H51N3S2. The highest BCUT2D eigenvalue weighted by Gasteiger charge is 2.43. The number of anilines is 2. The number of thiazole rings is 2. The Morgan fingerprint density at radius 1 is 0.492 bits per heavy atom. The van der Waals surface area contributed by atoms with E-state index in [9.17, 15) is 0 Å². The maximum Gasteiger partial charge on any atom is 0.124 e. The van der Waals surface area contributed by atoms with E-state index in [1.165, 1.54) is 109 Å². The summed E-state index contributed by atoms with van der Waals surface area (Å²) in [5.41, 5.74) is 18.7. The van der Waals surface area contributed by atoms with Gasteiger partial charge in [0.1, 0.15) is 10.0 Å². The molecule has 0 atom stereocenters. The lowest BCUT2D eigenvalue weighted by Gasteiger charge is -2.38. The van der Waals surface area contributed by atoms with E-state index in [0.717, 1.165) is 46.7 Å². The second-order valence-corrected chi connectivity index (χ2v) is 19.3. The van der Waals surface area contributed by atoms with Crippen LogP contribution in [0.15, 0.2) is 121 Å². The first kappa shape index (κ1) is 36.9. The minimum Gasteiger partial charge on any atom is -0.338 e. The van der Waals surface area contributed by atoms with Gasteiger partial charge in [0.25, 0.3) is 0 Å². The van der Waals surface area contributed by atoms with Crippen LogP contribution in [0, 0.1) is 0 Å². The van der Waals surface area contributed by atoms with E-state index in [0.29, 0.717) is 6.04 Å². The molecule has 1 fully saturated rings. The zero-order valence-corrected chi connectivity index (χ0v) is 36.3. The molecule has 0 unspecified atom stereocenters. The van der Waals surface area contributed by atoms with Gasteiger partial charge < -0.3 is 4.90 Å². The smallest absolute Gasteiger partial charge is 0.124 e. The van der Waals surface area contributed by atoms with Crippen LogP contribution in [0.5, 0.6) is 0 Å². The highest BCUT2D eigenvalue weighted by atomic mass is 32.1. The van der Waals surface area contributed by atoms with Crippen LogP contribution in [0.3, 0.4) is 0 Å². The fourth-order valence-corrected chi connectivity index (χ4v) is 13.4. The summed E-state index contributed by atoms with van der Waals surface area (Å²) in [4.78, 5) is 12.9. The third-order valence-electron chi connectivity index (χ3n) is 14.7. The molecule has 0 radical (unpaired) electrons. The number of aromatic nitrogens is 2. The monoisotopic (exact) mass is 805 g/mol. The third kappa shape index (κ3) is 5.57. The lowest BCUT2D eigenvalue weighted by Crippen LogP contribution is -2.33. The highest BCUT2D eigenvalue weighted by molar-refractivity contribution is 7.22. The number of para-hydroxylation sites is 2. The third-order valence-corrected chi connectivity index (χ3v) is 16.9. The molecule has 2 aromatic heterocycles. The first-order valence-electron chi connectivity index (χ1n) is 22.1. The molecule has 0 amide bonds. The van der Waals surface area contributed by atoms with Gasteiger partial charge in [-0.3, -0.25) is 0 Å². The van der Waals surface area contributed by atoms with Crippen LogP contribution in [0.4, 0.5) is 11.4 Å². The van der Waals surface area contributed by atoms with E-state index in [1.54, 1.807) is 22.7 Å². The van der Waals surface area contributed by atoms with Crippen molar-refractivity contribution >= 4 is 54.5 Å². The minimum atomic E-state index is -0.0499. The lowest BCUT2D eigenvalue weighted by molar-refractivity contribution is 0.435. The molecule has 5 heteroatoms. The number of fused-ring (bicyclic) bond motifs is 8. The van der Waals surface area contributed by atoms with Crippen LogP contribution in [0.2, 0.25) is 0 Å². The lowest BCUT2D eigenvalue weighted by atomic mass is 9.73. The summed E-state index contributed by atoms with van der Waals surface area (Å²) in [7, 11) is 0. The van der Waals surface area contributed by atoms with Gasteiger partial charge in [0.2, 0.25) is 0 Å². The van der Waals surface area contributed by atoms with Crippen LogP contribution in [-0.4, -0.2) is 16.0 Å². The molecule has 3 aliphatic carbocycles. The van der Waals surface area contributed by atoms with E-state index in [4.69, 9.17) is 9.97 Å². The van der Waals surface area contributed by atoms with Crippen LogP contribution >= 0.6 is 22.7 Å². The van der Waals surface area contributed by atoms with Crippen molar-refractivity contribution in [1.82, 2.24) is 9.97 Å². The molecule has 6 aromatic carbocycles. The summed E-state index contributed by atoms with van der Waals surface area (Å²) in [5, 5.41) is 2.22. The van der Waals surface area contributed by atoms with Gasteiger partial charge >= 0.3 is 0 Å². The van der Waals surface area contributed by atoms with Gasteiger partial charge in [-0.05, 0) is 144 Å². The number of nitrogens with zero attached hydrogens (tertiary/aromatic N) is 3. The summed E-state index contributed by atoms with van der Waals surface area (Å²) >= 11 is 3.60. The Kier molecular flexibility index (Phi) is 8.94. The largest absolute Gasteiger partial charge is 0.338 e. The molecule has 0 aliphatic heterocycles. The fraction of sp³-hybridized carbons (Fsp3) is 0.296. The molecule has 0 spiro atoms. The Bertz CT molecular complexity index is 2640. The number of rotatable bonds is 9. The van der Waals surface area contributed by atoms with Crippen molar-refractivity contribution in [2.45, 2.75) is 102 Å². The molecule has 3 aliphatic rings. The summed E-state index contributed by atoms with van der Waals surface area (Å²) in [6.45, 7) is 9.59. The molecule has 3 nitrogen and oxygen atoms in total. The Hall–Kier alpha value is -5.10. The second-order valence-electron chi connectivity index (χ2n) is 17.2. The Labute approximate surface area is 356 Å². The standard InChI is InChI=1S/C54H51N3S2/c1-5-53(6-2)43-30-34(51-55-47-18-12-14-20-49(47)58-51)22-26-39(43)41-28-24-37(32-45(41)53)57(36-16-10-9-11-17-36)38-25-29-42-40-27-23-35(52-56-48-19-13-15-21-50(48)59-52)31-44(40)54(7-3,8-4)46(42)33-38/h12-15,18-33,36H,5-11,16-17H2,1-4H3. The molecular weight excluding hydrogens is 755 g/mol. The molecule has 1 saturated carbocycles. The van der Waals surface area contributed by atoms with Crippen molar-refractivity contribution in [3.63, 3.8) is 0 Å². The normalized spacial score (nSPS) is 16.3. The van der Waals surface area contributed by atoms with Crippen LogP contribution in [0.25, 0.3) is 63.8 Å². The molecule has 0 bridgehead atoms. The van der Waals surface area contributed by atoms with E-state index in [-0.39, 0.29) is 10.8 Å². The minimum absolute atomic E-state index is 0.0499. The molecule has 59 heavy (non-hydrogen) atoms. The fourth-order valence-electron chi connectivity index (χ4n) is 11.5.